The number of carbonyl (C=O) groups excluding carboxylic acids is 1. The maximum absolute atomic E-state index is 12.2. The zero-order chi connectivity index (χ0) is 15.4. The molecule has 0 atom stereocenters. The van der Waals surface area contributed by atoms with Gasteiger partial charge >= 0.3 is 0 Å². The van der Waals surface area contributed by atoms with Gasteiger partial charge in [0.05, 0.1) is 6.61 Å². The highest BCUT2D eigenvalue weighted by molar-refractivity contribution is 6.05. The van der Waals surface area contributed by atoms with Crippen LogP contribution in [0, 0.1) is 0 Å². The number of anilines is 1. The van der Waals surface area contributed by atoms with Crippen molar-refractivity contribution in [3.8, 4) is 5.75 Å². The normalized spacial score (nSPS) is 10.6. The Kier molecular flexibility index (Phi) is 4.05. The Bertz CT molecular complexity index is 778. The van der Waals surface area contributed by atoms with Gasteiger partial charge in [0.25, 0.3) is 5.91 Å². The molecule has 1 aromatic heterocycles. The van der Waals surface area contributed by atoms with Crippen molar-refractivity contribution in [2.24, 2.45) is 0 Å². The fourth-order valence-corrected chi connectivity index (χ4v) is 2.06. The van der Waals surface area contributed by atoms with Crippen LogP contribution >= 0.6 is 0 Å². The summed E-state index contributed by atoms with van der Waals surface area (Å²) in [5.41, 5.74) is 2.58. The number of amides is 1. The first-order valence-electron chi connectivity index (χ1n) is 7.14. The summed E-state index contributed by atoms with van der Waals surface area (Å²) >= 11 is 0. The van der Waals surface area contributed by atoms with Gasteiger partial charge in [0.1, 0.15) is 11.3 Å². The molecule has 0 unspecified atom stereocenters. The number of ether oxygens (including phenoxy) is 1. The molecule has 0 spiro atoms. The fourth-order valence-electron chi connectivity index (χ4n) is 2.06. The van der Waals surface area contributed by atoms with Crippen molar-refractivity contribution in [3.63, 3.8) is 0 Å². The van der Waals surface area contributed by atoms with Crippen LogP contribution in [0.2, 0.25) is 0 Å². The van der Waals surface area contributed by atoms with Gasteiger partial charge in [0, 0.05) is 11.3 Å². The van der Waals surface area contributed by atoms with Crippen LogP contribution < -0.4 is 10.1 Å². The molecule has 3 rings (SSSR count). The van der Waals surface area contributed by atoms with E-state index >= 15 is 0 Å². The van der Waals surface area contributed by atoms with Crippen LogP contribution in [0.25, 0.3) is 11.1 Å². The Labute approximate surface area is 127 Å². The summed E-state index contributed by atoms with van der Waals surface area (Å²) in [5, 5.41) is 2.85. The number of rotatable bonds is 5. The number of benzene rings is 2. The lowest BCUT2D eigenvalue weighted by atomic mass is 10.2. The second-order valence-electron chi connectivity index (χ2n) is 4.86. The summed E-state index contributed by atoms with van der Waals surface area (Å²) in [6, 6.07) is 12.5. The molecule has 5 nitrogen and oxygen atoms in total. The lowest BCUT2D eigenvalue weighted by molar-refractivity contribution is 0.102. The van der Waals surface area contributed by atoms with Gasteiger partial charge in [-0.05, 0) is 48.9 Å². The molecule has 3 aromatic rings. The van der Waals surface area contributed by atoms with Crippen LogP contribution in [0.15, 0.2) is 53.3 Å². The van der Waals surface area contributed by atoms with E-state index in [2.05, 4.69) is 17.2 Å². The summed E-state index contributed by atoms with van der Waals surface area (Å²) in [6.07, 6.45) is 2.32. The minimum atomic E-state index is -0.188. The van der Waals surface area contributed by atoms with Gasteiger partial charge in [-0.2, -0.15) is 0 Å². The highest BCUT2D eigenvalue weighted by Crippen LogP contribution is 2.18. The van der Waals surface area contributed by atoms with Crippen molar-refractivity contribution in [2.75, 3.05) is 11.9 Å². The Hall–Kier alpha value is -2.82. The third kappa shape index (κ3) is 3.09. The molecule has 0 saturated carbocycles. The minimum Gasteiger partial charge on any atom is -0.494 e. The van der Waals surface area contributed by atoms with Crippen molar-refractivity contribution in [1.29, 1.82) is 0 Å². The molecule has 0 aliphatic carbocycles. The fraction of sp³-hybridized carbons (Fsp3) is 0.176. The molecule has 0 bridgehead atoms. The first kappa shape index (κ1) is 14.1. The number of oxazole rings is 1. The van der Waals surface area contributed by atoms with Crippen LogP contribution in [0.4, 0.5) is 5.69 Å². The molecule has 0 fully saturated rings. The number of nitrogens with one attached hydrogen (secondary N) is 1. The highest BCUT2D eigenvalue weighted by Gasteiger charge is 2.08. The molecular formula is C17H16N2O3. The van der Waals surface area contributed by atoms with Gasteiger partial charge in [-0.3, -0.25) is 4.79 Å². The molecule has 0 saturated heterocycles. The summed E-state index contributed by atoms with van der Waals surface area (Å²) in [5.74, 6) is 0.607. The molecule has 0 radical (unpaired) electrons. The molecule has 0 aliphatic rings. The van der Waals surface area contributed by atoms with E-state index < -0.39 is 0 Å². The third-order valence-electron chi connectivity index (χ3n) is 3.18. The van der Waals surface area contributed by atoms with Crippen molar-refractivity contribution in [3.05, 3.63) is 54.4 Å². The maximum Gasteiger partial charge on any atom is 0.255 e. The lowest BCUT2D eigenvalue weighted by Gasteiger charge is -2.07. The van der Waals surface area contributed by atoms with E-state index in [9.17, 15) is 4.79 Å². The quantitative estimate of drug-likeness (QED) is 0.776. The average Bonchev–Trinajstić information content (AvgIpc) is 3.01. The van der Waals surface area contributed by atoms with E-state index in [1.54, 1.807) is 18.2 Å². The van der Waals surface area contributed by atoms with Crippen LogP contribution in [0.5, 0.6) is 5.75 Å². The summed E-state index contributed by atoms with van der Waals surface area (Å²) in [7, 11) is 0. The standard InChI is InChI=1S/C17H16N2O3/c1-2-9-21-14-6-4-13(5-7-14)19-17(20)12-3-8-16-15(10-12)18-11-22-16/h3-8,10-11H,2,9H2,1H3,(H,19,20). The topological polar surface area (TPSA) is 64.4 Å². The largest absolute Gasteiger partial charge is 0.494 e. The predicted molar refractivity (Wildman–Crippen MR) is 84.2 cm³/mol. The average molecular weight is 296 g/mol. The lowest BCUT2D eigenvalue weighted by Crippen LogP contribution is -2.11. The van der Waals surface area contributed by atoms with E-state index in [1.165, 1.54) is 6.39 Å². The first-order chi connectivity index (χ1) is 10.8. The molecule has 5 heteroatoms. The number of hydrogen-bond acceptors (Lipinski definition) is 4. The van der Waals surface area contributed by atoms with E-state index in [0.717, 1.165) is 12.2 Å². The Morgan fingerprint density at radius 3 is 2.82 bits per heavy atom. The van der Waals surface area contributed by atoms with Gasteiger partial charge in [-0.25, -0.2) is 4.98 Å². The van der Waals surface area contributed by atoms with Crippen molar-refractivity contribution >= 4 is 22.7 Å². The Morgan fingerprint density at radius 1 is 1.23 bits per heavy atom. The minimum absolute atomic E-state index is 0.188. The monoisotopic (exact) mass is 296 g/mol. The van der Waals surface area contributed by atoms with Gasteiger partial charge in [-0.15, -0.1) is 0 Å². The number of aromatic nitrogens is 1. The predicted octanol–water partition coefficient (Wildman–Crippen LogP) is 3.87. The van der Waals surface area contributed by atoms with E-state index in [-0.39, 0.29) is 5.91 Å². The summed E-state index contributed by atoms with van der Waals surface area (Å²) in [6.45, 7) is 2.74. The van der Waals surface area contributed by atoms with Crippen molar-refractivity contribution in [1.82, 2.24) is 4.98 Å². The molecule has 2 aromatic carbocycles. The summed E-state index contributed by atoms with van der Waals surface area (Å²) in [4.78, 5) is 16.3. The number of nitrogens with zero attached hydrogens (tertiary/aromatic N) is 1. The number of fused-ring (bicyclic) bond motifs is 1. The SMILES string of the molecule is CCCOc1ccc(NC(=O)c2ccc3ocnc3c2)cc1. The second-order valence-corrected chi connectivity index (χ2v) is 4.86. The van der Waals surface area contributed by atoms with E-state index in [4.69, 9.17) is 9.15 Å². The summed E-state index contributed by atoms with van der Waals surface area (Å²) < 4.78 is 10.7. The maximum atomic E-state index is 12.2. The molecule has 112 valence electrons. The van der Waals surface area contributed by atoms with Gasteiger partial charge < -0.3 is 14.5 Å². The van der Waals surface area contributed by atoms with E-state index in [0.29, 0.717) is 29.0 Å². The van der Waals surface area contributed by atoms with Crippen LogP contribution in [0.1, 0.15) is 23.7 Å². The number of hydrogen-bond donors (Lipinski definition) is 1. The first-order valence-corrected chi connectivity index (χ1v) is 7.14. The number of carbonyl (C=O) groups is 1. The van der Waals surface area contributed by atoms with Crippen molar-refractivity contribution < 1.29 is 13.9 Å². The highest BCUT2D eigenvalue weighted by atomic mass is 16.5. The molecule has 1 heterocycles. The molecular weight excluding hydrogens is 280 g/mol. The van der Waals surface area contributed by atoms with Crippen LogP contribution in [-0.4, -0.2) is 17.5 Å². The zero-order valence-electron chi connectivity index (χ0n) is 12.2. The molecule has 22 heavy (non-hydrogen) atoms. The van der Waals surface area contributed by atoms with Gasteiger partial charge in [-0.1, -0.05) is 6.92 Å². The van der Waals surface area contributed by atoms with Gasteiger partial charge in [0.15, 0.2) is 12.0 Å². The molecule has 1 amide bonds. The Balaban J connectivity index is 1.70. The van der Waals surface area contributed by atoms with Crippen LogP contribution in [0.3, 0.4) is 0 Å². The zero-order valence-corrected chi connectivity index (χ0v) is 12.2. The smallest absolute Gasteiger partial charge is 0.255 e. The molecule has 1 N–H and O–H groups in total. The second kappa shape index (κ2) is 6.30. The molecule has 0 aliphatic heterocycles. The van der Waals surface area contributed by atoms with Crippen molar-refractivity contribution in [2.45, 2.75) is 13.3 Å². The van der Waals surface area contributed by atoms with Crippen LogP contribution in [-0.2, 0) is 0 Å². The van der Waals surface area contributed by atoms with Gasteiger partial charge in [0.2, 0.25) is 0 Å². The van der Waals surface area contributed by atoms with E-state index in [1.807, 2.05) is 24.3 Å². The Morgan fingerprint density at radius 2 is 2.05 bits per heavy atom. The third-order valence-corrected chi connectivity index (χ3v) is 3.18.